The number of aryl methyl sites for hydroxylation is 3. The molecular formula is C20H22N2O4S. The molecular weight excluding hydrogens is 364 g/mol. The zero-order valence-electron chi connectivity index (χ0n) is 15.8. The summed E-state index contributed by atoms with van der Waals surface area (Å²) in [7, 11) is -2.75. The molecule has 142 valence electrons. The minimum Gasteiger partial charge on any atom is -0.464 e. The third-order valence-electron chi connectivity index (χ3n) is 4.54. The van der Waals surface area contributed by atoms with Crippen molar-refractivity contribution in [1.29, 1.82) is 0 Å². The number of benzene rings is 1. The summed E-state index contributed by atoms with van der Waals surface area (Å²) in [5, 5.41) is 0.644. The van der Waals surface area contributed by atoms with Crippen LogP contribution in [0.2, 0.25) is 0 Å². The highest BCUT2D eigenvalue weighted by atomic mass is 32.2. The Hall–Kier alpha value is -2.67. The van der Waals surface area contributed by atoms with Crippen LogP contribution < -0.4 is 0 Å². The summed E-state index contributed by atoms with van der Waals surface area (Å²) in [6, 6.07) is 9.82. The van der Waals surface area contributed by atoms with Crippen molar-refractivity contribution in [2.75, 3.05) is 7.11 Å². The van der Waals surface area contributed by atoms with Gasteiger partial charge in [-0.25, -0.2) is 17.2 Å². The maximum absolute atomic E-state index is 13.4. The Morgan fingerprint density at radius 1 is 1.11 bits per heavy atom. The third kappa shape index (κ3) is 3.23. The minimum absolute atomic E-state index is 0.0298. The van der Waals surface area contributed by atoms with Crippen molar-refractivity contribution in [3.05, 3.63) is 59.0 Å². The largest absolute Gasteiger partial charge is 0.464 e. The molecule has 0 N–H and O–H groups in total. The molecule has 0 amide bonds. The molecule has 0 bridgehead atoms. The zero-order chi connectivity index (χ0) is 19.8. The Kier molecular flexibility index (Phi) is 5.06. The van der Waals surface area contributed by atoms with E-state index in [0.717, 1.165) is 20.9 Å². The number of hydrogen-bond acceptors (Lipinski definition) is 5. The van der Waals surface area contributed by atoms with E-state index in [0.29, 0.717) is 23.7 Å². The molecule has 6 nitrogen and oxygen atoms in total. The van der Waals surface area contributed by atoms with Crippen molar-refractivity contribution in [1.82, 2.24) is 8.96 Å². The van der Waals surface area contributed by atoms with Gasteiger partial charge in [-0.05, 0) is 44.0 Å². The number of nitrogens with zero attached hydrogens (tertiary/aromatic N) is 2. The fraction of sp³-hybridized carbons (Fsp3) is 0.300. The number of pyridine rings is 1. The molecule has 0 fully saturated rings. The average molecular weight is 386 g/mol. The zero-order valence-corrected chi connectivity index (χ0v) is 16.6. The van der Waals surface area contributed by atoms with Gasteiger partial charge in [0.1, 0.15) is 5.69 Å². The summed E-state index contributed by atoms with van der Waals surface area (Å²) < 4.78 is 32.7. The van der Waals surface area contributed by atoms with Crippen LogP contribution in [-0.2, 0) is 27.6 Å². The molecule has 1 aromatic carbocycles. The monoisotopic (exact) mass is 386 g/mol. The van der Waals surface area contributed by atoms with Crippen molar-refractivity contribution in [2.24, 2.45) is 0 Å². The molecule has 2 heterocycles. The van der Waals surface area contributed by atoms with Crippen LogP contribution in [0.5, 0.6) is 0 Å². The van der Waals surface area contributed by atoms with Crippen LogP contribution in [0.25, 0.3) is 10.9 Å². The molecule has 27 heavy (non-hydrogen) atoms. The van der Waals surface area contributed by atoms with Gasteiger partial charge in [-0.15, -0.1) is 0 Å². The smallest absolute Gasteiger partial charge is 0.355 e. The summed E-state index contributed by atoms with van der Waals surface area (Å²) >= 11 is 0. The van der Waals surface area contributed by atoms with E-state index in [1.54, 1.807) is 36.4 Å². The Morgan fingerprint density at radius 2 is 1.78 bits per heavy atom. The number of fused-ring (bicyclic) bond motifs is 1. The van der Waals surface area contributed by atoms with E-state index in [2.05, 4.69) is 4.98 Å². The Labute approximate surface area is 158 Å². The van der Waals surface area contributed by atoms with E-state index in [-0.39, 0.29) is 10.6 Å². The van der Waals surface area contributed by atoms with Gasteiger partial charge >= 0.3 is 5.97 Å². The summed E-state index contributed by atoms with van der Waals surface area (Å²) in [5.41, 5.74) is 2.89. The van der Waals surface area contributed by atoms with Crippen LogP contribution >= 0.6 is 0 Å². The Morgan fingerprint density at radius 3 is 2.33 bits per heavy atom. The second kappa shape index (κ2) is 7.15. The fourth-order valence-corrected chi connectivity index (χ4v) is 4.56. The van der Waals surface area contributed by atoms with Crippen LogP contribution in [0.3, 0.4) is 0 Å². The number of esters is 1. The van der Waals surface area contributed by atoms with E-state index in [1.807, 2.05) is 20.8 Å². The second-order valence-electron chi connectivity index (χ2n) is 6.30. The van der Waals surface area contributed by atoms with Crippen molar-refractivity contribution in [3.63, 3.8) is 0 Å². The minimum atomic E-state index is -3.99. The molecule has 0 aliphatic heterocycles. The molecule has 0 saturated heterocycles. The maximum atomic E-state index is 13.4. The molecule has 0 spiro atoms. The quantitative estimate of drug-likeness (QED) is 0.627. The molecule has 0 aliphatic rings. The first-order chi connectivity index (χ1) is 12.8. The van der Waals surface area contributed by atoms with Crippen LogP contribution in [0.1, 0.15) is 41.3 Å². The van der Waals surface area contributed by atoms with E-state index in [4.69, 9.17) is 4.74 Å². The van der Waals surface area contributed by atoms with Crippen LogP contribution in [0.15, 0.2) is 41.3 Å². The van der Waals surface area contributed by atoms with Crippen LogP contribution in [-0.4, -0.2) is 30.5 Å². The highest BCUT2D eigenvalue weighted by Crippen LogP contribution is 2.29. The van der Waals surface area contributed by atoms with Crippen molar-refractivity contribution in [2.45, 2.75) is 38.5 Å². The summed E-state index contributed by atoms with van der Waals surface area (Å²) in [4.78, 5) is 17.1. The van der Waals surface area contributed by atoms with Gasteiger partial charge in [-0.2, -0.15) is 0 Å². The molecule has 0 saturated carbocycles. The predicted molar refractivity (Wildman–Crippen MR) is 104 cm³/mol. The SMILES string of the molecule is CCc1cc2c(cc(C(=O)OC)n2S(=O)(=O)c2ccc(C)cc2)c(CC)n1. The summed E-state index contributed by atoms with van der Waals surface area (Å²) in [6.45, 7) is 5.79. The van der Waals surface area contributed by atoms with Gasteiger partial charge in [0, 0.05) is 16.8 Å². The number of aromatic nitrogens is 2. The standard InChI is InChI=1S/C20H22N2O4S/c1-5-14-11-18-16(17(6-2)21-14)12-19(20(23)26-4)22(18)27(24,25)15-9-7-13(3)8-10-15/h7-12H,5-6H2,1-4H3. The number of rotatable bonds is 5. The van der Waals surface area contributed by atoms with E-state index < -0.39 is 16.0 Å². The predicted octanol–water partition coefficient (Wildman–Crippen LogP) is 3.49. The van der Waals surface area contributed by atoms with E-state index in [1.165, 1.54) is 7.11 Å². The first-order valence-corrected chi connectivity index (χ1v) is 10.2. The molecule has 0 unspecified atom stereocenters. The lowest BCUT2D eigenvalue weighted by atomic mass is 10.1. The van der Waals surface area contributed by atoms with E-state index in [9.17, 15) is 13.2 Å². The number of carbonyl (C=O) groups excluding carboxylic acids is 1. The number of carbonyl (C=O) groups is 1. The topological polar surface area (TPSA) is 78.3 Å². The van der Waals surface area contributed by atoms with Gasteiger partial charge in [0.2, 0.25) is 0 Å². The highest BCUT2D eigenvalue weighted by Gasteiger charge is 2.28. The van der Waals surface area contributed by atoms with Crippen molar-refractivity contribution < 1.29 is 17.9 Å². The van der Waals surface area contributed by atoms with Gasteiger partial charge in [0.25, 0.3) is 10.0 Å². The summed E-state index contributed by atoms with van der Waals surface area (Å²) in [6.07, 6.45) is 1.28. The lowest BCUT2D eigenvalue weighted by Gasteiger charge is -2.12. The van der Waals surface area contributed by atoms with Gasteiger partial charge in [0.05, 0.1) is 17.5 Å². The fourth-order valence-electron chi connectivity index (χ4n) is 3.07. The molecule has 3 rings (SSSR count). The number of methoxy groups -OCH3 is 1. The molecule has 0 radical (unpaired) electrons. The first kappa shape index (κ1) is 19.1. The molecule has 2 aromatic heterocycles. The number of ether oxygens (including phenoxy) is 1. The van der Waals surface area contributed by atoms with Gasteiger partial charge < -0.3 is 4.74 Å². The third-order valence-corrected chi connectivity index (χ3v) is 6.28. The van der Waals surface area contributed by atoms with Gasteiger partial charge in [0.15, 0.2) is 0 Å². The van der Waals surface area contributed by atoms with Gasteiger partial charge in [-0.1, -0.05) is 31.5 Å². The lowest BCUT2D eigenvalue weighted by molar-refractivity contribution is 0.0593. The van der Waals surface area contributed by atoms with E-state index >= 15 is 0 Å². The molecule has 0 aliphatic carbocycles. The normalized spacial score (nSPS) is 11.7. The van der Waals surface area contributed by atoms with Gasteiger partial charge in [-0.3, -0.25) is 4.98 Å². The molecule has 3 aromatic rings. The molecule has 0 atom stereocenters. The number of hydrogen-bond donors (Lipinski definition) is 0. The highest BCUT2D eigenvalue weighted by molar-refractivity contribution is 7.90. The van der Waals surface area contributed by atoms with Crippen molar-refractivity contribution >= 4 is 26.9 Å². The van der Waals surface area contributed by atoms with Crippen LogP contribution in [0, 0.1) is 6.92 Å². The van der Waals surface area contributed by atoms with Crippen LogP contribution in [0.4, 0.5) is 0 Å². The summed E-state index contributed by atoms with van der Waals surface area (Å²) in [5.74, 6) is -0.706. The lowest BCUT2D eigenvalue weighted by Crippen LogP contribution is -2.19. The Bertz CT molecular complexity index is 1110. The first-order valence-electron chi connectivity index (χ1n) is 8.78. The Balaban J connectivity index is 2.41. The second-order valence-corrected chi connectivity index (χ2v) is 8.09. The molecule has 7 heteroatoms. The van der Waals surface area contributed by atoms with Crippen molar-refractivity contribution in [3.8, 4) is 0 Å². The maximum Gasteiger partial charge on any atom is 0.355 e. The average Bonchev–Trinajstić information content (AvgIpc) is 3.07.